The summed E-state index contributed by atoms with van der Waals surface area (Å²) in [6.07, 6.45) is -0.445. The van der Waals surface area contributed by atoms with Crippen molar-refractivity contribution in [1.29, 1.82) is 0 Å². The third kappa shape index (κ3) is 12.7. The summed E-state index contributed by atoms with van der Waals surface area (Å²) in [7, 11) is 0. The molecule has 296 valence electrons. The maximum atomic E-state index is 14.2. The minimum Gasteiger partial charge on any atom is -0.481 e. The smallest absolute Gasteiger partial charge is 0.419 e. The van der Waals surface area contributed by atoms with Crippen LogP contribution in [0.1, 0.15) is 108 Å². The largest absolute Gasteiger partial charge is 0.481 e. The zero-order valence-electron chi connectivity index (χ0n) is 32.1. The maximum absolute atomic E-state index is 14.2. The number of carboxylic acid groups (broad SMARTS) is 1. The first kappa shape index (κ1) is 43.6. The van der Waals surface area contributed by atoms with E-state index in [2.05, 4.69) is 41.0 Å². The first-order chi connectivity index (χ1) is 25.0. The number of carboxylic acids is 1. The molecule has 2 atom stereocenters. The minimum absolute atomic E-state index is 0.00891. The number of aromatic amines is 1. The van der Waals surface area contributed by atoms with Crippen molar-refractivity contribution in [2.45, 2.75) is 110 Å². The van der Waals surface area contributed by atoms with Gasteiger partial charge in [-0.25, -0.2) is 9.18 Å². The Bertz CT molecular complexity index is 1920. The predicted molar refractivity (Wildman–Crippen MR) is 205 cm³/mol. The number of H-pyrrole nitrogens is 1. The fourth-order valence-electron chi connectivity index (χ4n) is 5.71. The third-order valence-electron chi connectivity index (χ3n) is 8.66. The van der Waals surface area contributed by atoms with Crippen LogP contribution in [0.3, 0.4) is 0 Å². The molecule has 0 saturated heterocycles. The molecule has 15 heteroatoms. The van der Waals surface area contributed by atoms with E-state index >= 15 is 0 Å². The number of rotatable bonds is 13. The van der Waals surface area contributed by atoms with E-state index in [1.807, 2.05) is 25.1 Å². The Morgan fingerprint density at radius 1 is 1.00 bits per heavy atom. The number of hydrogen-bond acceptors (Lipinski definition) is 6. The second kappa shape index (κ2) is 18.0. The first-order valence-electron chi connectivity index (χ1n) is 17.9. The third-order valence-corrected chi connectivity index (χ3v) is 8.66. The van der Waals surface area contributed by atoms with Crippen molar-refractivity contribution in [3.05, 3.63) is 92.9 Å². The highest BCUT2D eigenvalue weighted by Crippen LogP contribution is 2.37. The highest BCUT2D eigenvalue weighted by atomic mass is 19.4. The molecule has 0 aliphatic heterocycles. The van der Waals surface area contributed by atoms with Crippen LogP contribution in [-0.2, 0) is 28.2 Å². The van der Waals surface area contributed by atoms with Crippen LogP contribution in [0.2, 0.25) is 0 Å². The summed E-state index contributed by atoms with van der Waals surface area (Å²) in [6.45, 7) is 14.3. The van der Waals surface area contributed by atoms with Crippen LogP contribution in [0.5, 0.6) is 0 Å². The average Bonchev–Trinajstić information content (AvgIpc) is 3.47. The van der Waals surface area contributed by atoms with Crippen molar-refractivity contribution in [2.75, 3.05) is 13.1 Å². The van der Waals surface area contributed by atoms with E-state index < -0.39 is 34.6 Å². The number of guanidine groups is 1. The molecule has 4 rings (SSSR count). The van der Waals surface area contributed by atoms with E-state index in [0.717, 1.165) is 29.1 Å². The molecule has 0 aliphatic carbocycles. The fraction of sp³-hybridized carbons (Fsp3) is 0.487. The number of benzene rings is 2. The summed E-state index contributed by atoms with van der Waals surface area (Å²) in [4.78, 5) is 35.3. The number of halogens is 4. The molecule has 0 aliphatic rings. The van der Waals surface area contributed by atoms with Crippen molar-refractivity contribution in [1.82, 2.24) is 19.9 Å². The zero-order chi connectivity index (χ0) is 40.6. The number of aryl methyl sites for hydroxylation is 1. The molecule has 4 aromatic rings. The second-order valence-electron chi connectivity index (χ2n) is 15.6. The summed E-state index contributed by atoms with van der Waals surface area (Å²) in [5.41, 5.74) is 17.6. The van der Waals surface area contributed by atoms with E-state index in [1.54, 1.807) is 45.2 Å². The van der Waals surface area contributed by atoms with Crippen LogP contribution in [0, 0.1) is 5.82 Å². The van der Waals surface area contributed by atoms with E-state index in [-0.39, 0.29) is 35.4 Å². The summed E-state index contributed by atoms with van der Waals surface area (Å²) < 4.78 is 54.6. The van der Waals surface area contributed by atoms with Gasteiger partial charge in [0, 0.05) is 41.3 Å². The Hall–Kier alpha value is -4.76. The molecule has 0 fully saturated rings. The highest BCUT2D eigenvalue weighted by molar-refractivity contribution is 5.76. The van der Waals surface area contributed by atoms with Crippen molar-refractivity contribution in [3.8, 4) is 5.69 Å². The topological polar surface area (TPSA) is 190 Å². The zero-order valence-corrected chi connectivity index (χ0v) is 32.1. The van der Waals surface area contributed by atoms with Gasteiger partial charge in [-0.05, 0) is 85.5 Å². The average molecular weight is 759 g/mol. The maximum Gasteiger partial charge on any atom is 0.419 e. The number of carbonyl (C=O) groups is 1. The highest BCUT2D eigenvalue weighted by Gasteiger charge is 2.37. The van der Waals surface area contributed by atoms with Crippen molar-refractivity contribution in [2.24, 2.45) is 22.2 Å². The quantitative estimate of drug-likeness (QED) is 0.0381. The van der Waals surface area contributed by atoms with Gasteiger partial charge in [0.05, 0.1) is 17.7 Å². The monoisotopic (exact) mass is 758 g/mol. The van der Waals surface area contributed by atoms with Crippen LogP contribution in [0.25, 0.3) is 16.7 Å². The summed E-state index contributed by atoms with van der Waals surface area (Å²) in [5.74, 6) is -2.04. The molecule has 0 spiro atoms. The summed E-state index contributed by atoms with van der Waals surface area (Å²) in [6, 6.07) is 11.3. The van der Waals surface area contributed by atoms with Crippen LogP contribution in [0.4, 0.5) is 17.6 Å². The standard InChI is InChI=1S/C23H31N7O3.C16H23F4N/c1-23(2,3)18-11-15-13-30(22(33)29-20(15)28-18)16-7-5-14(6-8-16)17(12-19(31)32)26-9-4-10-27-21(24)25;1-10(21)6-5-7-11-8-12(15(2,3)4)14(17)13(9-11)16(18,19)20/h5-8,11,13,17,26H,4,9-10,12H2,1-3H3,(H,31,32)(H4,24,25,27)(H,28,29,33);8-10H,5-7,21H2,1-4H3/t17-;10-/m00/s1. The summed E-state index contributed by atoms with van der Waals surface area (Å²) in [5, 5.41) is 13.4. The lowest BCUT2D eigenvalue weighted by Crippen LogP contribution is -2.26. The lowest BCUT2D eigenvalue weighted by atomic mass is 9.83. The van der Waals surface area contributed by atoms with Crippen LogP contribution >= 0.6 is 0 Å². The van der Waals surface area contributed by atoms with Gasteiger partial charge >= 0.3 is 17.8 Å². The number of aliphatic imine (C=N–C) groups is 1. The second-order valence-corrected chi connectivity index (χ2v) is 15.6. The number of nitrogens with zero attached hydrogens (tertiary/aromatic N) is 3. The lowest BCUT2D eigenvalue weighted by molar-refractivity contribution is -0.140. The molecular formula is C39H54F4N8O3. The molecule has 0 radical (unpaired) electrons. The Labute approximate surface area is 313 Å². The van der Waals surface area contributed by atoms with Gasteiger partial charge in [-0.2, -0.15) is 18.2 Å². The lowest BCUT2D eigenvalue weighted by Gasteiger charge is -2.23. The van der Waals surface area contributed by atoms with Gasteiger partial charge in [0.25, 0.3) is 0 Å². The van der Waals surface area contributed by atoms with Crippen LogP contribution < -0.4 is 28.2 Å². The van der Waals surface area contributed by atoms with Crippen molar-refractivity contribution >= 4 is 23.0 Å². The minimum atomic E-state index is -4.68. The van der Waals surface area contributed by atoms with Gasteiger partial charge in [0.2, 0.25) is 0 Å². The van der Waals surface area contributed by atoms with E-state index in [0.29, 0.717) is 49.2 Å². The molecule has 2 aromatic heterocycles. The van der Waals surface area contributed by atoms with Gasteiger partial charge in [-0.1, -0.05) is 59.7 Å². The van der Waals surface area contributed by atoms with Crippen molar-refractivity contribution in [3.63, 3.8) is 0 Å². The molecule has 0 bridgehead atoms. The van der Waals surface area contributed by atoms with E-state index in [4.69, 9.17) is 17.2 Å². The van der Waals surface area contributed by atoms with E-state index in [1.165, 1.54) is 4.57 Å². The molecule has 2 heterocycles. The van der Waals surface area contributed by atoms with Crippen molar-refractivity contribution < 1.29 is 27.5 Å². The number of fused-ring (bicyclic) bond motifs is 1. The molecule has 9 N–H and O–H groups in total. The number of alkyl halides is 3. The molecule has 2 aromatic carbocycles. The summed E-state index contributed by atoms with van der Waals surface area (Å²) >= 11 is 0. The molecule has 0 unspecified atom stereocenters. The number of hydrogen-bond donors (Lipinski definition) is 6. The first-order valence-corrected chi connectivity index (χ1v) is 17.9. The molecule has 54 heavy (non-hydrogen) atoms. The normalized spacial score (nSPS) is 13.3. The molecular weight excluding hydrogens is 704 g/mol. The number of aromatic nitrogens is 3. The Morgan fingerprint density at radius 2 is 1.63 bits per heavy atom. The number of aliphatic carboxylic acids is 1. The van der Waals surface area contributed by atoms with Gasteiger partial charge in [0.15, 0.2) is 5.96 Å². The number of nitrogens with two attached hydrogens (primary N) is 3. The molecule has 0 saturated carbocycles. The SMILES string of the molecule is CC(C)(C)c1cc2cn(-c3ccc([C@H](CC(=O)O)NCCCN=C(N)N)cc3)c(=O)nc2[nH]1.C[C@H](N)CCCc1cc(C(C)(C)C)c(F)c(C(F)(F)F)c1. The number of nitrogens with one attached hydrogen (secondary N) is 2. The van der Waals surface area contributed by atoms with E-state index in [9.17, 15) is 32.3 Å². The van der Waals surface area contributed by atoms with Crippen LogP contribution in [0.15, 0.2) is 58.4 Å². The van der Waals surface area contributed by atoms with Crippen LogP contribution in [-0.4, -0.2) is 50.7 Å². The molecule has 0 amide bonds. The van der Waals surface area contributed by atoms with Gasteiger partial charge < -0.3 is 32.6 Å². The molecule has 11 nitrogen and oxygen atoms in total. The van der Waals surface area contributed by atoms with Gasteiger partial charge in [-0.3, -0.25) is 14.4 Å². The Morgan fingerprint density at radius 3 is 2.17 bits per heavy atom. The van der Waals surface area contributed by atoms with Gasteiger partial charge in [0.1, 0.15) is 11.5 Å². The Balaban J connectivity index is 0.000000322. The fourth-order valence-corrected chi connectivity index (χ4v) is 5.71. The van der Waals surface area contributed by atoms with Gasteiger partial charge in [-0.15, -0.1) is 0 Å². The predicted octanol–water partition coefficient (Wildman–Crippen LogP) is 6.59. The Kier molecular flexibility index (Phi) is 14.6.